The Kier molecular flexibility index (Phi) is 5.22. The predicted molar refractivity (Wildman–Crippen MR) is 65.3 cm³/mol. The van der Waals surface area contributed by atoms with Crippen LogP contribution in [-0.2, 0) is 6.54 Å². The molecule has 0 aliphatic carbocycles. The van der Waals surface area contributed by atoms with E-state index in [-0.39, 0.29) is 0 Å². The van der Waals surface area contributed by atoms with Gasteiger partial charge in [-0.05, 0) is 19.8 Å². The molecule has 0 bridgehead atoms. The minimum absolute atomic E-state index is 1.01. The molecule has 0 aliphatic heterocycles. The third-order valence-corrected chi connectivity index (χ3v) is 2.49. The summed E-state index contributed by atoms with van der Waals surface area (Å²) < 4.78 is 2.03. The van der Waals surface area contributed by atoms with Crippen molar-refractivity contribution in [3.63, 3.8) is 0 Å². The van der Waals surface area contributed by atoms with Gasteiger partial charge < -0.3 is 5.32 Å². The SMILES string of the molecule is CCCCCNc1cn(CCC)nc1C. The van der Waals surface area contributed by atoms with Crippen molar-refractivity contribution in [2.45, 2.75) is 53.0 Å². The second-order valence-electron chi connectivity index (χ2n) is 4.03. The first-order valence-electron chi connectivity index (χ1n) is 6.05. The number of nitrogens with one attached hydrogen (secondary N) is 1. The Morgan fingerprint density at radius 1 is 1.27 bits per heavy atom. The molecule has 1 aromatic rings. The first kappa shape index (κ1) is 12.1. The van der Waals surface area contributed by atoms with Crippen LogP contribution in [0.3, 0.4) is 0 Å². The summed E-state index contributed by atoms with van der Waals surface area (Å²) in [5.41, 5.74) is 2.31. The van der Waals surface area contributed by atoms with Gasteiger partial charge in [-0.15, -0.1) is 0 Å². The van der Waals surface area contributed by atoms with Crippen LogP contribution in [0.15, 0.2) is 6.20 Å². The molecular formula is C12H23N3. The van der Waals surface area contributed by atoms with Gasteiger partial charge in [0.1, 0.15) is 0 Å². The highest BCUT2D eigenvalue weighted by atomic mass is 15.3. The lowest BCUT2D eigenvalue weighted by atomic mass is 10.2. The molecule has 3 heteroatoms. The van der Waals surface area contributed by atoms with Crippen molar-refractivity contribution in [2.75, 3.05) is 11.9 Å². The molecule has 0 atom stereocenters. The van der Waals surface area contributed by atoms with E-state index >= 15 is 0 Å². The highest BCUT2D eigenvalue weighted by Gasteiger charge is 2.02. The van der Waals surface area contributed by atoms with Gasteiger partial charge in [-0.25, -0.2) is 0 Å². The highest BCUT2D eigenvalue weighted by molar-refractivity contribution is 5.45. The predicted octanol–water partition coefficient (Wildman–Crippen LogP) is 3.20. The third kappa shape index (κ3) is 3.94. The Bertz CT molecular complexity index is 278. The second kappa shape index (κ2) is 6.49. The van der Waals surface area contributed by atoms with Gasteiger partial charge in [-0.3, -0.25) is 4.68 Å². The van der Waals surface area contributed by atoms with Gasteiger partial charge in [0.05, 0.1) is 11.4 Å². The molecule has 1 aromatic heterocycles. The molecule has 1 rings (SSSR count). The van der Waals surface area contributed by atoms with Crippen molar-refractivity contribution in [3.8, 4) is 0 Å². The van der Waals surface area contributed by atoms with Crippen LogP contribution in [-0.4, -0.2) is 16.3 Å². The third-order valence-electron chi connectivity index (χ3n) is 2.49. The zero-order chi connectivity index (χ0) is 11.1. The topological polar surface area (TPSA) is 29.9 Å². The molecule has 1 heterocycles. The lowest BCUT2D eigenvalue weighted by Crippen LogP contribution is -2.01. The van der Waals surface area contributed by atoms with Crippen molar-refractivity contribution >= 4 is 5.69 Å². The van der Waals surface area contributed by atoms with Gasteiger partial charge in [0.25, 0.3) is 0 Å². The fraction of sp³-hybridized carbons (Fsp3) is 0.750. The average molecular weight is 209 g/mol. The molecule has 0 unspecified atom stereocenters. The number of rotatable bonds is 7. The maximum Gasteiger partial charge on any atom is 0.0825 e. The standard InChI is InChI=1S/C12H23N3/c1-4-6-7-8-13-12-10-15(9-5-2)14-11(12)3/h10,13H,4-9H2,1-3H3. The summed E-state index contributed by atoms with van der Waals surface area (Å²) in [5.74, 6) is 0. The molecule has 0 spiro atoms. The summed E-state index contributed by atoms with van der Waals surface area (Å²) in [7, 11) is 0. The number of nitrogens with zero attached hydrogens (tertiary/aromatic N) is 2. The quantitative estimate of drug-likeness (QED) is 0.699. The summed E-state index contributed by atoms with van der Waals surface area (Å²) in [6.45, 7) is 8.54. The zero-order valence-electron chi connectivity index (χ0n) is 10.2. The minimum Gasteiger partial charge on any atom is -0.382 e. The molecule has 0 aromatic carbocycles. The Morgan fingerprint density at radius 3 is 2.73 bits per heavy atom. The van der Waals surface area contributed by atoms with Crippen LogP contribution in [0, 0.1) is 6.92 Å². The van der Waals surface area contributed by atoms with Crippen LogP contribution in [0.5, 0.6) is 0 Å². The van der Waals surface area contributed by atoms with Crippen molar-refractivity contribution in [1.82, 2.24) is 9.78 Å². The summed E-state index contributed by atoms with van der Waals surface area (Å²) in [6.07, 6.45) is 7.07. The van der Waals surface area contributed by atoms with Crippen LogP contribution in [0.25, 0.3) is 0 Å². The number of anilines is 1. The van der Waals surface area contributed by atoms with Gasteiger partial charge in [0, 0.05) is 19.3 Å². The van der Waals surface area contributed by atoms with Gasteiger partial charge in [-0.1, -0.05) is 26.7 Å². The van der Waals surface area contributed by atoms with Gasteiger partial charge in [-0.2, -0.15) is 5.10 Å². The lowest BCUT2D eigenvalue weighted by molar-refractivity contribution is 0.598. The fourth-order valence-electron chi connectivity index (χ4n) is 1.63. The van der Waals surface area contributed by atoms with Crippen molar-refractivity contribution in [2.24, 2.45) is 0 Å². The number of hydrogen-bond donors (Lipinski definition) is 1. The van der Waals surface area contributed by atoms with Crippen LogP contribution < -0.4 is 5.32 Å². The summed E-state index contributed by atoms with van der Waals surface area (Å²) in [4.78, 5) is 0. The fourth-order valence-corrected chi connectivity index (χ4v) is 1.63. The Hall–Kier alpha value is -0.990. The molecule has 86 valence electrons. The zero-order valence-corrected chi connectivity index (χ0v) is 10.2. The maximum atomic E-state index is 4.45. The maximum absolute atomic E-state index is 4.45. The molecule has 3 nitrogen and oxygen atoms in total. The van der Waals surface area contributed by atoms with E-state index in [9.17, 15) is 0 Å². The van der Waals surface area contributed by atoms with Crippen molar-refractivity contribution in [3.05, 3.63) is 11.9 Å². The molecule has 0 amide bonds. The molecule has 0 saturated carbocycles. The number of aromatic nitrogens is 2. The van der Waals surface area contributed by atoms with E-state index in [4.69, 9.17) is 0 Å². The monoisotopic (exact) mass is 209 g/mol. The van der Waals surface area contributed by atoms with Crippen molar-refractivity contribution < 1.29 is 0 Å². The number of unbranched alkanes of at least 4 members (excludes halogenated alkanes) is 2. The van der Waals surface area contributed by atoms with E-state index < -0.39 is 0 Å². The smallest absolute Gasteiger partial charge is 0.0825 e. The summed E-state index contributed by atoms with van der Waals surface area (Å²) in [5, 5.41) is 7.90. The van der Waals surface area contributed by atoms with Crippen LogP contribution in [0.1, 0.15) is 45.2 Å². The summed E-state index contributed by atoms with van der Waals surface area (Å²) >= 11 is 0. The highest BCUT2D eigenvalue weighted by Crippen LogP contribution is 2.12. The first-order valence-corrected chi connectivity index (χ1v) is 6.05. The largest absolute Gasteiger partial charge is 0.382 e. The van der Waals surface area contributed by atoms with Crippen molar-refractivity contribution in [1.29, 1.82) is 0 Å². The molecular weight excluding hydrogens is 186 g/mol. The van der Waals surface area contributed by atoms with E-state index in [1.54, 1.807) is 0 Å². The molecule has 1 N–H and O–H groups in total. The van der Waals surface area contributed by atoms with E-state index in [0.717, 1.165) is 25.2 Å². The molecule has 0 fully saturated rings. The van der Waals surface area contributed by atoms with Crippen LogP contribution in [0.4, 0.5) is 5.69 Å². The Morgan fingerprint density at radius 2 is 2.07 bits per heavy atom. The van der Waals surface area contributed by atoms with E-state index in [2.05, 4.69) is 37.4 Å². The average Bonchev–Trinajstić information content (AvgIpc) is 2.55. The van der Waals surface area contributed by atoms with Gasteiger partial charge in [0.15, 0.2) is 0 Å². The molecule has 0 radical (unpaired) electrons. The number of aryl methyl sites for hydroxylation is 2. The Balaban J connectivity index is 2.39. The van der Waals surface area contributed by atoms with Crippen LogP contribution in [0.2, 0.25) is 0 Å². The van der Waals surface area contributed by atoms with Gasteiger partial charge in [0.2, 0.25) is 0 Å². The Labute approximate surface area is 92.9 Å². The molecule has 0 aliphatic rings. The van der Waals surface area contributed by atoms with Crippen LogP contribution >= 0.6 is 0 Å². The van der Waals surface area contributed by atoms with Gasteiger partial charge >= 0.3 is 0 Å². The van der Waals surface area contributed by atoms with E-state index in [0.29, 0.717) is 0 Å². The van der Waals surface area contributed by atoms with E-state index in [1.165, 1.54) is 24.9 Å². The van der Waals surface area contributed by atoms with E-state index in [1.807, 2.05) is 4.68 Å². The normalized spacial score (nSPS) is 10.6. The lowest BCUT2D eigenvalue weighted by Gasteiger charge is -2.02. The second-order valence-corrected chi connectivity index (χ2v) is 4.03. The first-order chi connectivity index (χ1) is 7.27. The number of hydrogen-bond acceptors (Lipinski definition) is 2. The molecule has 0 saturated heterocycles. The molecule has 15 heavy (non-hydrogen) atoms. The minimum atomic E-state index is 1.01. The summed E-state index contributed by atoms with van der Waals surface area (Å²) in [6, 6.07) is 0.